The van der Waals surface area contributed by atoms with Crippen LogP contribution >= 0.6 is 0 Å². The number of aliphatic hydroxyl groups is 1. The molecule has 18 heavy (non-hydrogen) atoms. The predicted octanol–water partition coefficient (Wildman–Crippen LogP) is 0.730. The van der Waals surface area contributed by atoms with Crippen LogP contribution < -0.4 is 5.32 Å². The van der Waals surface area contributed by atoms with Crippen LogP contribution in [0, 0.1) is 0 Å². The van der Waals surface area contributed by atoms with Crippen molar-refractivity contribution in [3.63, 3.8) is 0 Å². The van der Waals surface area contributed by atoms with E-state index in [0.29, 0.717) is 6.42 Å². The number of aliphatic hydroxyl groups excluding tert-OH is 1. The summed E-state index contributed by atoms with van der Waals surface area (Å²) in [5.41, 5.74) is 0. The smallest absolute Gasteiger partial charge is 0.383 e. The highest BCUT2D eigenvalue weighted by Crippen LogP contribution is 2.30. The summed E-state index contributed by atoms with van der Waals surface area (Å²) in [5, 5.41) is 11.7. The molecule has 0 bridgehead atoms. The van der Waals surface area contributed by atoms with Crippen molar-refractivity contribution in [3.05, 3.63) is 0 Å². The van der Waals surface area contributed by atoms with Gasteiger partial charge in [-0.3, -0.25) is 0 Å². The molecule has 2 atom stereocenters. The first-order valence-electron chi connectivity index (χ1n) is 5.66. The van der Waals surface area contributed by atoms with Gasteiger partial charge in [0.2, 0.25) is 0 Å². The Balaban J connectivity index is 2.56. The molecule has 0 unspecified atom stereocenters. The molecular weight excluding hydrogens is 253 g/mol. The number of carbonyl (C=O) groups is 1. The number of amides is 2. The summed E-state index contributed by atoms with van der Waals surface area (Å²) in [6.07, 6.45) is -6.60. The van der Waals surface area contributed by atoms with Crippen molar-refractivity contribution >= 4 is 6.03 Å². The van der Waals surface area contributed by atoms with Gasteiger partial charge in [0.25, 0.3) is 0 Å². The molecule has 0 saturated carbocycles. The average molecular weight is 270 g/mol. The number of rotatable bonds is 4. The van der Waals surface area contributed by atoms with E-state index in [0.717, 1.165) is 4.90 Å². The second kappa shape index (κ2) is 6.24. The van der Waals surface area contributed by atoms with Crippen molar-refractivity contribution in [2.75, 3.05) is 26.8 Å². The van der Waals surface area contributed by atoms with E-state index in [-0.39, 0.29) is 26.1 Å². The fourth-order valence-electron chi connectivity index (χ4n) is 1.95. The van der Waals surface area contributed by atoms with Gasteiger partial charge in [-0.05, 0) is 12.8 Å². The van der Waals surface area contributed by atoms with Gasteiger partial charge in [-0.1, -0.05) is 0 Å². The number of methoxy groups -OCH3 is 1. The van der Waals surface area contributed by atoms with Crippen molar-refractivity contribution in [1.82, 2.24) is 10.2 Å². The summed E-state index contributed by atoms with van der Waals surface area (Å²) in [4.78, 5) is 12.7. The van der Waals surface area contributed by atoms with Crippen molar-refractivity contribution in [2.45, 2.75) is 31.2 Å². The molecule has 1 aliphatic rings. The standard InChI is InChI=1S/C10H17F3N2O3/c1-18-6-4-14-9(17)15-5-2-3-7(15)8(16)10(11,12)13/h7-8,16H,2-6H2,1H3,(H,14,17)/t7-,8+/m0/s1. The van der Waals surface area contributed by atoms with Crippen LogP contribution in [-0.2, 0) is 4.74 Å². The fraction of sp³-hybridized carbons (Fsp3) is 0.900. The molecule has 5 nitrogen and oxygen atoms in total. The van der Waals surface area contributed by atoms with Gasteiger partial charge in [-0.25, -0.2) is 4.79 Å². The predicted molar refractivity (Wildman–Crippen MR) is 57.1 cm³/mol. The van der Waals surface area contributed by atoms with Gasteiger partial charge in [0.05, 0.1) is 12.6 Å². The zero-order chi connectivity index (χ0) is 13.8. The van der Waals surface area contributed by atoms with Crippen LogP contribution in [0.4, 0.5) is 18.0 Å². The lowest BCUT2D eigenvalue weighted by Gasteiger charge is -2.29. The van der Waals surface area contributed by atoms with Gasteiger partial charge in [0, 0.05) is 20.2 Å². The number of ether oxygens (including phenoxy) is 1. The molecule has 0 aromatic heterocycles. The van der Waals surface area contributed by atoms with Gasteiger partial charge in [-0.15, -0.1) is 0 Å². The van der Waals surface area contributed by atoms with Crippen molar-refractivity contribution < 1.29 is 27.8 Å². The minimum atomic E-state index is -4.71. The molecule has 1 heterocycles. The summed E-state index contributed by atoms with van der Waals surface area (Å²) < 4.78 is 42.0. The SMILES string of the molecule is COCCNC(=O)N1CCC[C@H]1[C@@H](O)C(F)(F)F. The number of halogens is 3. The van der Waals surface area contributed by atoms with E-state index in [1.165, 1.54) is 7.11 Å². The first-order valence-corrected chi connectivity index (χ1v) is 5.66. The Kier molecular flexibility index (Phi) is 5.21. The summed E-state index contributed by atoms with van der Waals surface area (Å²) in [5.74, 6) is 0. The third-order valence-electron chi connectivity index (χ3n) is 2.84. The van der Waals surface area contributed by atoms with Crippen molar-refractivity contribution in [1.29, 1.82) is 0 Å². The summed E-state index contributed by atoms with van der Waals surface area (Å²) in [6.45, 7) is 0.726. The Morgan fingerprint density at radius 3 is 2.83 bits per heavy atom. The first kappa shape index (κ1) is 15.0. The molecule has 0 aromatic carbocycles. The van der Waals surface area contributed by atoms with Crippen molar-refractivity contribution in [2.24, 2.45) is 0 Å². The number of carbonyl (C=O) groups excluding carboxylic acids is 1. The number of hydrogen-bond acceptors (Lipinski definition) is 3. The van der Waals surface area contributed by atoms with Crippen LogP contribution in [0.25, 0.3) is 0 Å². The fourth-order valence-corrected chi connectivity index (χ4v) is 1.95. The Morgan fingerprint density at radius 1 is 1.61 bits per heavy atom. The number of hydrogen-bond donors (Lipinski definition) is 2. The third-order valence-corrected chi connectivity index (χ3v) is 2.84. The first-order chi connectivity index (χ1) is 8.38. The van der Waals surface area contributed by atoms with Crippen molar-refractivity contribution in [3.8, 4) is 0 Å². The molecule has 8 heteroatoms. The lowest BCUT2D eigenvalue weighted by molar-refractivity contribution is -0.216. The Hall–Kier alpha value is -1.02. The van der Waals surface area contributed by atoms with E-state index in [4.69, 9.17) is 4.74 Å². The molecule has 1 saturated heterocycles. The number of nitrogens with zero attached hydrogens (tertiary/aromatic N) is 1. The Labute approximate surface area is 103 Å². The van der Waals surface area contributed by atoms with Crippen LogP contribution in [0.5, 0.6) is 0 Å². The minimum Gasteiger partial charge on any atom is -0.383 e. The molecule has 0 spiro atoms. The highest BCUT2D eigenvalue weighted by Gasteiger charge is 2.48. The summed E-state index contributed by atoms with van der Waals surface area (Å²) in [7, 11) is 1.46. The summed E-state index contributed by atoms with van der Waals surface area (Å²) >= 11 is 0. The van der Waals surface area contributed by atoms with Gasteiger partial charge < -0.3 is 20.1 Å². The monoisotopic (exact) mass is 270 g/mol. The molecule has 1 aliphatic heterocycles. The van der Waals surface area contributed by atoms with Crippen LogP contribution in [-0.4, -0.2) is 61.2 Å². The maximum absolute atomic E-state index is 12.4. The molecule has 2 amide bonds. The highest BCUT2D eigenvalue weighted by atomic mass is 19.4. The zero-order valence-electron chi connectivity index (χ0n) is 10.0. The second-order valence-electron chi connectivity index (χ2n) is 4.11. The van der Waals surface area contributed by atoms with Gasteiger partial charge in [0.1, 0.15) is 0 Å². The second-order valence-corrected chi connectivity index (χ2v) is 4.11. The Morgan fingerprint density at radius 2 is 2.28 bits per heavy atom. The molecule has 1 rings (SSSR count). The number of urea groups is 1. The van der Waals surface area contributed by atoms with E-state index >= 15 is 0 Å². The maximum Gasteiger partial charge on any atom is 0.416 e. The summed E-state index contributed by atoms with van der Waals surface area (Å²) in [6, 6.07) is -1.80. The normalized spacial score (nSPS) is 22.1. The lowest BCUT2D eigenvalue weighted by Crippen LogP contribution is -2.52. The third kappa shape index (κ3) is 3.74. The van der Waals surface area contributed by atoms with Gasteiger partial charge in [0.15, 0.2) is 6.10 Å². The number of likely N-dealkylation sites (tertiary alicyclic amines) is 1. The molecule has 0 aliphatic carbocycles. The Bertz CT molecular complexity index is 286. The molecular formula is C10H17F3N2O3. The van der Waals surface area contributed by atoms with E-state index in [2.05, 4.69) is 5.32 Å². The van der Waals surface area contributed by atoms with Crippen LogP contribution in [0.1, 0.15) is 12.8 Å². The zero-order valence-corrected chi connectivity index (χ0v) is 10.0. The van der Waals surface area contributed by atoms with Crippen LogP contribution in [0.3, 0.4) is 0 Å². The van der Waals surface area contributed by atoms with E-state index in [1.54, 1.807) is 0 Å². The van der Waals surface area contributed by atoms with E-state index in [1.807, 2.05) is 0 Å². The molecule has 1 fully saturated rings. The highest BCUT2D eigenvalue weighted by molar-refractivity contribution is 5.74. The van der Waals surface area contributed by atoms with Crippen LogP contribution in [0.2, 0.25) is 0 Å². The molecule has 106 valence electrons. The van der Waals surface area contributed by atoms with E-state index in [9.17, 15) is 23.1 Å². The minimum absolute atomic E-state index is 0.151. The maximum atomic E-state index is 12.4. The molecule has 0 radical (unpaired) electrons. The van der Waals surface area contributed by atoms with Gasteiger partial charge in [-0.2, -0.15) is 13.2 Å². The number of alkyl halides is 3. The topological polar surface area (TPSA) is 61.8 Å². The van der Waals surface area contributed by atoms with Crippen LogP contribution in [0.15, 0.2) is 0 Å². The molecule has 0 aromatic rings. The van der Waals surface area contributed by atoms with Gasteiger partial charge >= 0.3 is 12.2 Å². The van der Waals surface area contributed by atoms with E-state index < -0.39 is 24.4 Å². The molecule has 2 N–H and O–H groups in total. The largest absolute Gasteiger partial charge is 0.416 e. The number of nitrogens with one attached hydrogen (secondary N) is 1. The quantitative estimate of drug-likeness (QED) is 0.740. The lowest BCUT2D eigenvalue weighted by atomic mass is 10.1. The average Bonchev–Trinajstić information content (AvgIpc) is 2.75.